The maximum Gasteiger partial charge on any atom is 0.317 e. The first-order valence-corrected chi connectivity index (χ1v) is 7.28. The van der Waals surface area contributed by atoms with Gasteiger partial charge in [-0.15, -0.1) is 0 Å². The molecule has 17 heavy (non-hydrogen) atoms. The van der Waals surface area contributed by atoms with E-state index in [1.165, 1.54) is 4.90 Å². The summed E-state index contributed by atoms with van der Waals surface area (Å²) in [5, 5.41) is 20.1. The number of amides is 2. The van der Waals surface area contributed by atoms with Crippen LogP contribution >= 0.6 is 0 Å². The SMILES string of the molecule is O=C(N[C@@H]1CCS(=O)(=O)C1)N(CCO)CCO. The Morgan fingerprint density at radius 3 is 2.29 bits per heavy atom. The average Bonchev–Trinajstić information content (AvgIpc) is 2.57. The molecule has 0 aromatic carbocycles. The first-order chi connectivity index (χ1) is 7.98. The summed E-state index contributed by atoms with van der Waals surface area (Å²) in [7, 11) is -3.02. The lowest BCUT2D eigenvalue weighted by Gasteiger charge is -2.23. The summed E-state index contributed by atoms with van der Waals surface area (Å²) < 4.78 is 22.4. The fourth-order valence-corrected chi connectivity index (χ4v) is 3.40. The molecule has 1 aliphatic rings. The van der Waals surface area contributed by atoms with Crippen molar-refractivity contribution in [3.63, 3.8) is 0 Å². The van der Waals surface area contributed by atoms with Crippen molar-refractivity contribution in [2.45, 2.75) is 12.5 Å². The van der Waals surface area contributed by atoms with Crippen molar-refractivity contribution in [1.82, 2.24) is 10.2 Å². The second-order valence-corrected chi connectivity index (χ2v) is 6.21. The Kier molecular flexibility index (Phi) is 5.16. The van der Waals surface area contributed by atoms with Crippen molar-refractivity contribution in [3.8, 4) is 0 Å². The zero-order valence-corrected chi connectivity index (χ0v) is 10.3. The van der Waals surface area contributed by atoms with Crippen molar-refractivity contribution in [2.24, 2.45) is 0 Å². The molecule has 0 unspecified atom stereocenters. The average molecular weight is 266 g/mol. The van der Waals surface area contributed by atoms with E-state index in [0.717, 1.165) is 0 Å². The quantitative estimate of drug-likeness (QED) is 0.542. The Labute approximate surface area is 100 Å². The van der Waals surface area contributed by atoms with E-state index in [4.69, 9.17) is 10.2 Å². The van der Waals surface area contributed by atoms with Crippen LogP contribution in [-0.2, 0) is 9.84 Å². The number of hydrogen-bond acceptors (Lipinski definition) is 5. The molecule has 7 nitrogen and oxygen atoms in total. The van der Waals surface area contributed by atoms with E-state index >= 15 is 0 Å². The van der Waals surface area contributed by atoms with Gasteiger partial charge in [-0.05, 0) is 6.42 Å². The summed E-state index contributed by atoms with van der Waals surface area (Å²) in [6.45, 7) is -0.162. The van der Waals surface area contributed by atoms with Crippen LogP contribution in [0, 0.1) is 0 Å². The molecule has 1 saturated heterocycles. The molecule has 0 aliphatic carbocycles. The molecule has 1 atom stereocenters. The van der Waals surface area contributed by atoms with Crippen LogP contribution < -0.4 is 5.32 Å². The van der Waals surface area contributed by atoms with Crippen LogP contribution in [0.5, 0.6) is 0 Å². The Morgan fingerprint density at radius 1 is 1.29 bits per heavy atom. The van der Waals surface area contributed by atoms with Crippen LogP contribution in [0.2, 0.25) is 0 Å². The van der Waals surface area contributed by atoms with Crippen LogP contribution in [-0.4, -0.2) is 73.4 Å². The summed E-state index contributed by atoms with van der Waals surface area (Å²) in [4.78, 5) is 12.9. The minimum atomic E-state index is -3.02. The normalized spacial score (nSPS) is 22.4. The fourth-order valence-electron chi connectivity index (χ4n) is 1.73. The van der Waals surface area contributed by atoms with E-state index in [9.17, 15) is 13.2 Å². The Hall–Kier alpha value is -0.860. The summed E-state index contributed by atoms with van der Waals surface area (Å²) >= 11 is 0. The highest BCUT2D eigenvalue weighted by Crippen LogP contribution is 2.11. The molecule has 1 fully saturated rings. The van der Waals surface area contributed by atoms with Crippen LogP contribution in [0.1, 0.15) is 6.42 Å². The van der Waals surface area contributed by atoms with Crippen LogP contribution in [0.4, 0.5) is 4.79 Å². The van der Waals surface area contributed by atoms with Gasteiger partial charge >= 0.3 is 6.03 Å². The molecule has 0 bridgehead atoms. The van der Waals surface area contributed by atoms with Gasteiger partial charge in [-0.25, -0.2) is 13.2 Å². The minimum Gasteiger partial charge on any atom is -0.395 e. The number of urea groups is 1. The number of sulfone groups is 1. The minimum absolute atomic E-state index is 0.0369. The second kappa shape index (κ2) is 6.18. The highest BCUT2D eigenvalue weighted by Gasteiger charge is 2.29. The highest BCUT2D eigenvalue weighted by molar-refractivity contribution is 7.91. The van der Waals surface area contributed by atoms with E-state index in [0.29, 0.717) is 6.42 Å². The molecule has 2 amide bonds. The third-order valence-electron chi connectivity index (χ3n) is 2.59. The highest BCUT2D eigenvalue weighted by atomic mass is 32.2. The van der Waals surface area contributed by atoms with Crippen LogP contribution in [0.3, 0.4) is 0 Å². The van der Waals surface area contributed by atoms with Gasteiger partial charge in [0.05, 0.1) is 24.7 Å². The molecule has 0 aromatic rings. The third-order valence-corrected chi connectivity index (χ3v) is 4.36. The van der Waals surface area contributed by atoms with Gasteiger partial charge in [0.1, 0.15) is 0 Å². The monoisotopic (exact) mass is 266 g/mol. The summed E-state index contributed by atoms with van der Waals surface area (Å²) in [6.07, 6.45) is 0.417. The molecule has 1 aliphatic heterocycles. The number of rotatable bonds is 5. The van der Waals surface area contributed by atoms with E-state index in [-0.39, 0.29) is 43.9 Å². The van der Waals surface area contributed by atoms with E-state index in [1.54, 1.807) is 0 Å². The first kappa shape index (κ1) is 14.2. The zero-order chi connectivity index (χ0) is 12.9. The van der Waals surface area contributed by atoms with Crippen molar-refractivity contribution in [2.75, 3.05) is 37.8 Å². The third kappa shape index (κ3) is 4.49. The Morgan fingerprint density at radius 2 is 1.88 bits per heavy atom. The summed E-state index contributed by atoms with van der Waals surface area (Å²) in [5.74, 6) is 0.0583. The number of aliphatic hydroxyl groups excluding tert-OH is 2. The zero-order valence-electron chi connectivity index (χ0n) is 9.50. The molecule has 1 rings (SSSR count). The number of aliphatic hydroxyl groups is 2. The molecule has 0 aromatic heterocycles. The molecular weight excluding hydrogens is 248 g/mol. The molecule has 0 saturated carbocycles. The van der Waals surface area contributed by atoms with Crippen LogP contribution in [0.25, 0.3) is 0 Å². The smallest absolute Gasteiger partial charge is 0.317 e. The number of carbonyl (C=O) groups is 1. The molecule has 1 heterocycles. The lowest BCUT2D eigenvalue weighted by Crippen LogP contribution is -2.47. The van der Waals surface area contributed by atoms with Gasteiger partial charge < -0.3 is 20.4 Å². The standard InChI is InChI=1S/C9H18N2O5S/c12-4-2-11(3-5-13)9(14)10-8-1-6-17(15,16)7-8/h8,12-13H,1-7H2,(H,10,14)/t8-/m1/s1. The predicted octanol–water partition coefficient (Wildman–Crippen LogP) is -1.83. The fraction of sp³-hybridized carbons (Fsp3) is 0.889. The lowest BCUT2D eigenvalue weighted by molar-refractivity contribution is 0.156. The molecular formula is C9H18N2O5S. The van der Waals surface area contributed by atoms with E-state index in [1.807, 2.05) is 0 Å². The summed E-state index contributed by atoms with van der Waals surface area (Å²) in [5.41, 5.74) is 0. The molecule has 8 heteroatoms. The molecule has 0 radical (unpaired) electrons. The molecule has 3 N–H and O–H groups in total. The van der Waals surface area contributed by atoms with Crippen molar-refractivity contribution in [3.05, 3.63) is 0 Å². The van der Waals surface area contributed by atoms with Crippen LogP contribution in [0.15, 0.2) is 0 Å². The van der Waals surface area contributed by atoms with Crippen molar-refractivity contribution in [1.29, 1.82) is 0 Å². The van der Waals surface area contributed by atoms with Gasteiger partial charge in [-0.2, -0.15) is 0 Å². The van der Waals surface area contributed by atoms with Gasteiger partial charge in [0.25, 0.3) is 0 Å². The molecule has 100 valence electrons. The number of nitrogens with one attached hydrogen (secondary N) is 1. The van der Waals surface area contributed by atoms with Gasteiger partial charge in [0, 0.05) is 19.1 Å². The van der Waals surface area contributed by atoms with E-state index in [2.05, 4.69) is 5.32 Å². The number of carbonyl (C=O) groups excluding carboxylic acids is 1. The maximum absolute atomic E-state index is 11.7. The van der Waals surface area contributed by atoms with Gasteiger partial charge in [-0.3, -0.25) is 0 Å². The maximum atomic E-state index is 11.7. The largest absolute Gasteiger partial charge is 0.395 e. The Bertz CT molecular complexity index is 350. The topological polar surface area (TPSA) is 107 Å². The second-order valence-electron chi connectivity index (χ2n) is 3.98. The van der Waals surface area contributed by atoms with Gasteiger partial charge in [0.15, 0.2) is 9.84 Å². The van der Waals surface area contributed by atoms with Gasteiger partial charge in [0.2, 0.25) is 0 Å². The lowest BCUT2D eigenvalue weighted by atomic mass is 10.3. The first-order valence-electron chi connectivity index (χ1n) is 5.46. The predicted molar refractivity (Wildman–Crippen MR) is 61.3 cm³/mol. The number of nitrogens with zero attached hydrogens (tertiary/aromatic N) is 1. The van der Waals surface area contributed by atoms with Crippen molar-refractivity contribution < 1.29 is 23.4 Å². The number of hydrogen-bond donors (Lipinski definition) is 3. The summed E-state index contributed by atoms with van der Waals surface area (Å²) in [6, 6.07) is -0.817. The van der Waals surface area contributed by atoms with Crippen molar-refractivity contribution >= 4 is 15.9 Å². The molecule has 0 spiro atoms. The van der Waals surface area contributed by atoms with E-state index < -0.39 is 15.9 Å². The van der Waals surface area contributed by atoms with Gasteiger partial charge in [-0.1, -0.05) is 0 Å². The Balaban J connectivity index is 2.47.